The summed E-state index contributed by atoms with van der Waals surface area (Å²) >= 11 is 4.38. The van der Waals surface area contributed by atoms with Crippen LogP contribution in [0, 0.1) is 13.8 Å². The van der Waals surface area contributed by atoms with Gasteiger partial charge in [0.15, 0.2) is 5.13 Å². The average molecular weight is 465 g/mol. The molecular formula is C20H24N4O3S3. The Balaban J connectivity index is 1.67. The highest BCUT2D eigenvalue weighted by atomic mass is 32.2. The van der Waals surface area contributed by atoms with Gasteiger partial charge in [-0.25, -0.2) is 15.0 Å². The van der Waals surface area contributed by atoms with E-state index in [1.807, 2.05) is 0 Å². The quantitative estimate of drug-likeness (QED) is 0.282. The van der Waals surface area contributed by atoms with Crippen LogP contribution in [-0.2, 0) is 27.2 Å². The van der Waals surface area contributed by atoms with E-state index in [0.29, 0.717) is 17.4 Å². The molecule has 0 saturated heterocycles. The maximum Gasteiger partial charge on any atom is 0.311 e. The fourth-order valence-corrected chi connectivity index (χ4v) is 5.53. The van der Waals surface area contributed by atoms with Crippen molar-refractivity contribution < 1.29 is 14.3 Å². The molecule has 3 rings (SSSR count). The molecular weight excluding hydrogens is 440 g/mol. The third kappa shape index (κ3) is 5.55. The summed E-state index contributed by atoms with van der Waals surface area (Å²) < 4.78 is 4.92. The lowest BCUT2D eigenvalue weighted by Crippen LogP contribution is -2.14. The maximum absolute atomic E-state index is 12.5. The number of carbonyl (C=O) groups excluding carboxylic acids is 2. The molecule has 3 aromatic heterocycles. The lowest BCUT2D eigenvalue weighted by Gasteiger charge is -2.06. The van der Waals surface area contributed by atoms with Crippen molar-refractivity contribution in [1.29, 1.82) is 0 Å². The molecule has 0 fully saturated rings. The van der Waals surface area contributed by atoms with Crippen LogP contribution >= 0.6 is 34.4 Å². The number of amides is 1. The number of rotatable bonds is 9. The second-order valence-corrected chi connectivity index (χ2v) is 9.65. The standard InChI is InChI=1S/C20H24N4O3S3/c1-5-7-14-22-18(17-11(3)12(4)30-19(17)23-14)28-10-15(25)24-20-21-13(9-29-20)8-16(26)27-6-2/h9H,5-8,10H2,1-4H3,(H,21,24,25). The van der Waals surface area contributed by atoms with Crippen molar-refractivity contribution >= 4 is 61.7 Å². The minimum Gasteiger partial charge on any atom is -0.466 e. The number of hydrogen-bond acceptors (Lipinski definition) is 9. The summed E-state index contributed by atoms with van der Waals surface area (Å²) in [6, 6.07) is 0. The van der Waals surface area contributed by atoms with Gasteiger partial charge in [-0.05, 0) is 32.8 Å². The van der Waals surface area contributed by atoms with Gasteiger partial charge in [0.25, 0.3) is 0 Å². The first-order valence-electron chi connectivity index (χ1n) is 9.70. The Labute approximate surface area is 187 Å². The first-order chi connectivity index (χ1) is 14.4. The molecule has 10 heteroatoms. The van der Waals surface area contributed by atoms with Crippen molar-refractivity contribution in [2.24, 2.45) is 0 Å². The number of anilines is 1. The fourth-order valence-electron chi connectivity index (χ4n) is 2.79. The van der Waals surface area contributed by atoms with E-state index in [9.17, 15) is 9.59 Å². The van der Waals surface area contributed by atoms with Gasteiger partial charge >= 0.3 is 5.97 Å². The molecule has 0 atom stereocenters. The summed E-state index contributed by atoms with van der Waals surface area (Å²) in [6.45, 7) is 8.35. The first kappa shape index (κ1) is 22.6. The van der Waals surface area contributed by atoms with Crippen LogP contribution in [0.5, 0.6) is 0 Å². The molecule has 30 heavy (non-hydrogen) atoms. The highest BCUT2D eigenvalue weighted by Crippen LogP contribution is 2.35. The molecule has 0 aliphatic heterocycles. The molecule has 160 valence electrons. The van der Waals surface area contributed by atoms with Gasteiger partial charge in [0.05, 0.1) is 24.5 Å². The van der Waals surface area contributed by atoms with Crippen molar-refractivity contribution in [2.75, 3.05) is 17.7 Å². The molecule has 0 radical (unpaired) electrons. The zero-order valence-corrected chi connectivity index (χ0v) is 19.9. The van der Waals surface area contributed by atoms with Gasteiger partial charge < -0.3 is 10.1 Å². The molecule has 0 unspecified atom stereocenters. The van der Waals surface area contributed by atoms with Gasteiger partial charge in [0.2, 0.25) is 5.91 Å². The topological polar surface area (TPSA) is 94.1 Å². The zero-order valence-electron chi connectivity index (χ0n) is 17.4. The zero-order chi connectivity index (χ0) is 21.7. The van der Waals surface area contributed by atoms with E-state index in [2.05, 4.69) is 36.1 Å². The Kier molecular flexibility index (Phi) is 7.79. The highest BCUT2D eigenvalue weighted by molar-refractivity contribution is 8.00. The fraction of sp³-hybridized carbons (Fsp3) is 0.450. The lowest BCUT2D eigenvalue weighted by molar-refractivity contribution is -0.142. The van der Waals surface area contributed by atoms with Crippen LogP contribution in [0.3, 0.4) is 0 Å². The van der Waals surface area contributed by atoms with E-state index in [1.54, 1.807) is 23.6 Å². The molecule has 0 aliphatic rings. The Hall–Kier alpha value is -2.04. The molecule has 0 aliphatic carbocycles. The number of nitrogens with zero attached hydrogens (tertiary/aromatic N) is 3. The summed E-state index contributed by atoms with van der Waals surface area (Å²) in [5.41, 5.74) is 1.76. The molecule has 1 N–H and O–H groups in total. The lowest BCUT2D eigenvalue weighted by atomic mass is 10.2. The van der Waals surface area contributed by atoms with Crippen LogP contribution < -0.4 is 5.32 Å². The third-order valence-electron chi connectivity index (χ3n) is 4.28. The number of aryl methyl sites for hydroxylation is 3. The predicted molar refractivity (Wildman–Crippen MR) is 123 cm³/mol. The number of carbonyl (C=O) groups is 2. The van der Waals surface area contributed by atoms with E-state index in [4.69, 9.17) is 9.72 Å². The van der Waals surface area contributed by atoms with Gasteiger partial charge in [0.1, 0.15) is 15.7 Å². The second-order valence-electron chi connectivity index (χ2n) is 6.62. The number of fused-ring (bicyclic) bond motifs is 1. The minimum absolute atomic E-state index is 0.102. The van der Waals surface area contributed by atoms with Crippen LogP contribution in [0.15, 0.2) is 10.4 Å². The number of thiophene rings is 1. The van der Waals surface area contributed by atoms with Crippen LogP contribution in [-0.4, -0.2) is 39.2 Å². The Bertz CT molecular complexity index is 1060. The normalized spacial score (nSPS) is 11.1. The Morgan fingerprint density at radius 1 is 1.20 bits per heavy atom. The summed E-state index contributed by atoms with van der Waals surface area (Å²) in [7, 11) is 0. The molecule has 0 bridgehead atoms. The van der Waals surface area contributed by atoms with Crippen molar-refractivity contribution in [2.45, 2.75) is 52.0 Å². The SMILES string of the molecule is CCCc1nc(SCC(=O)Nc2nc(CC(=O)OCC)cs2)c2c(C)c(C)sc2n1. The first-order valence-corrected chi connectivity index (χ1v) is 12.4. The number of hydrogen-bond donors (Lipinski definition) is 1. The van der Waals surface area contributed by atoms with Gasteiger partial charge in [-0.15, -0.1) is 22.7 Å². The third-order valence-corrected chi connectivity index (χ3v) is 7.17. The van der Waals surface area contributed by atoms with E-state index in [0.717, 1.165) is 33.9 Å². The van der Waals surface area contributed by atoms with E-state index < -0.39 is 0 Å². The number of thiazole rings is 1. The summed E-state index contributed by atoms with van der Waals surface area (Å²) in [6.07, 6.45) is 1.89. The molecule has 0 saturated carbocycles. The van der Waals surface area contributed by atoms with Crippen LogP contribution in [0.1, 0.15) is 42.2 Å². The monoisotopic (exact) mass is 464 g/mol. The average Bonchev–Trinajstić information content (AvgIpc) is 3.24. The van der Waals surface area contributed by atoms with Crippen LogP contribution in [0.25, 0.3) is 10.2 Å². The van der Waals surface area contributed by atoms with Crippen LogP contribution in [0.4, 0.5) is 5.13 Å². The summed E-state index contributed by atoms with van der Waals surface area (Å²) in [5.74, 6) is 0.551. The predicted octanol–water partition coefficient (Wildman–Crippen LogP) is 4.55. The minimum atomic E-state index is -0.326. The number of esters is 1. The molecule has 3 heterocycles. The van der Waals surface area contributed by atoms with Gasteiger partial charge in [-0.2, -0.15) is 0 Å². The van der Waals surface area contributed by atoms with Crippen LogP contribution in [0.2, 0.25) is 0 Å². The molecule has 0 aromatic carbocycles. The number of nitrogens with one attached hydrogen (secondary N) is 1. The smallest absolute Gasteiger partial charge is 0.311 e. The van der Waals surface area contributed by atoms with Crippen molar-refractivity contribution in [3.05, 3.63) is 27.3 Å². The maximum atomic E-state index is 12.5. The Morgan fingerprint density at radius 2 is 2.00 bits per heavy atom. The number of thioether (sulfide) groups is 1. The largest absolute Gasteiger partial charge is 0.466 e. The summed E-state index contributed by atoms with van der Waals surface area (Å²) in [4.78, 5) is 39.9. The van der Waals surface area contributed by atoms with Crippen molar-refractivity contribution in [3.63, 3.8) is 0 Å². The van der Waals surface area contributed by atoms with E-state index >= 15 is 0 Å². The van der Waals surface area contributed by atoms with E-state index in [-0.39, 0.29) is 24.1 Å². The molecule has 7 nitrogen and oxygen atoms in total. The molecule has 0 spiro atoms. The van der Waals surface area contributed by atoms with E-state index in [1.165, 1.54) is 33.5 Å². The highest BCUT2D eigenvalue weighted by Gasteiger charge is 2.17. The number of aromatic nitrogens is 3. The van der Waals surface area contributed by atoms with Crippen molar-refractivity contribution in [3.8, 4) is 0 Å². The van der Waals surface area contributed by atoms with Gasteiger partial charge in [0, 0.05) is 22.1 Å². The number of ether oxygens (including phenoxy) is 1. The Morgan fingerprint density at radius 3 is 2.73 bits per heavy atom. The second kappa shape index (κ2) is 10.3. The molecule has 1 amide bonds. The van der Waals surface area contributed by atoms with Gasteiger partial charge in [-0.1, -0.05) is 18.7 Å². The molecule has 3 aromatic rings. The van der Waals surface area contributed by atoms with Crippen molar-refractivity contribution in [1.82, 2.24) is 15.0 Å². The summed E-state index contributed by atoms with van der Waals surface area (Å²) in [5, 5.41) is 6.92. The van der Waals surface area contributed by atoms with Gasteiger partial charge in [-0.3, -0.25) is 9.59 Å².